The predicted molar refractivity (Wildman–Crippen MR) is 101 cm³/mol. The standard InChI is InChI=1S/C20H28N4O/c1-6-23-7-9-24(10-8-23)20(25)17-13-18(22(5)21-17)19-15(3)11-14(2)12-16(19)4/h11-13H,6-10H2,1-5H3. The zero-order valence-corrected chi connectivity index (χ0v) is 16.0. The molecular formula is C20H28N4O. The van der Waals surface area contributed by atoms with Gasteiger partial charge in [-0.3, -0.25) is 9.48 Å². The van der Waals surface area contributed by atoms with E-state index in [1.807, 2.05) is 22.7 Å². The summed E-state index contributed by atoms with van der Waals surface area (Å²) >= 11 is 0. The summed E-state index contributed by atoms with van der Waals surface area (Å²) in [4.78, 5) is 17.1. The average Bonchev–Trinajstić information content (AvgIpc) is 2.95. The van der Waals surface area contributed by atoms with Gasteiger partial charge in [0, 0.05) is 38.8 Å². The molecule has 1 saturated heterocycles. The van der Waals surface area contributed by atoms with E-state index < -0.39 is 0 Å². The Morgan fingerprint density at radius 2 is 1.64 bits per heavy atom. The second-order valence-electron chi connectivity index (χ2n) is 7.04. The smallest absolute Gasteiger partial charge is 0.274 e. The Hall–Kier alpha value is -2.14. The lowest BCUT2D eigenvalue weighted by Crippen LogP contribution is -2.48. The molecule has 134 valence electrons. The summed E-state index contributed by atoms with van der Waals surface area (Å²) in [7, 11) is 1.92. The maximum Gasteiger partial charge on any atom is 0.274 e. The highest BCUT2D eigenvalue weighted by Gasteiger charge is 2.24. The molecule has 0 aliphatic carbocycles. The van der Waals surface area contributed by atoms with Crippen LogP contribution in [0.5, 0.6) is 0 Å². The highest BCUT2D eigenvalue weighted by Crippen LogP contribution is 2.29. The topological polar surface area (TPSA) is 41.4 Å². The SMILES string of the molecule is CCN1CCN(C(=O)c2cc(-c3c(C)cc(C)cc3C)n(C)n2)CC1. The molecule has 1 aromatic heterocycles. The van der Waals surface area contributed by atoms with E-state index in [0.29, 0.717) is 5.69 Å². The van der Waals surface area contributed by atoms with Crippen molar-refractivity contribution in [3.63, 3.8) is 0 Å². The summed E-state index contributed by atoms with van der Waals surface area (Å²) in [6.45, 7) is 13.0. The quantitative estimate of drug-likeness (QED) is 0.863. The number of carbonyl (C=O) groups is 1. The number of carbonyl (C=O) groups excluding carboxylic acids is 1. The molecule has 1 amide bonds. The Balaban J connectivity index is 1.87. The third-order valence-electron chi connectivity index (χ3n) is 5.14. The first-order chi connectivity index (χ1) is 11.9. The van der Waals surface area contributed by atoms with E-state index in [1.54, 1.807) is 0 Å². The van der Waals surface area contributed by atoms with Gasteiger partial charge in [-0.05, 0) is 44.5 Å². The molecule has 2 aromatic rings. The Kier molecular flexibility index (Phi) is 4.95. The first-order valence-corrected chi connectivity index (χ1v) is 9.04. The molecule has 5 heteroatoms. The lowest BCUT2D eigenvalue weighted by molar-refractivity contribution is 0.0637. The van der Waals surface area contributed by atoms with Gasteiger partial charge in [0.25, 0.3) is 5.91 Å². The normalized spacial score (nSPS) is 15.6. The molecule has 1 aromatic carbocycles. The van der Waals surface area contributed by atoms with Gasteiger partial charge in [0.1, 0.15) is 0 Å². The van der Waals surface area contributed by atoms with Crippen LogP contribution in [0.15, 0.2) is 18.2 Å². The van der Waals surface area contributed by atoms with Gasteiger partial charge >= 0.3 is 0 Å². The molecular weight excluding hydrogens is 312 g/mol. The van der Waals surface area contributed by atoms with Crippen LogP contribution in [-0.2, 0) is 7.05 Å². The van der Waals surface area contributed by atoms with Crippen molar-refractivity contribution in [2.45, 2.75) is 27.7 Å². The van der Waals surface area contributed by atoms with Crippen molar-refractivity contribution >= 4 is 5.91 Å². The fourth-order valence-electron chi connectivity index (χ4n) is 3.82. The third kappa shape index (κ3) is 3.47. The maximum absolute atomic E-state index is 12.8. The van der Waals surface area contributed by atoms with Gasteiger partial charge in [0.15, 0.2) is 5.69 Å². The molecule has 0 unspecified atom stereocenters. The lowest BCUT2D eigenvalue weighted by Gasteiger charge is -2.33. The number of nitrogens with zero attached hydrogens (tertiary/aromatic N) is 4. The molecule has 0 spiro atoms. The van der Waals surface area contributed by atoms with Crippen molar-refractivity contribution in [3.8, 4) is 11.3 Å². The zero-order valence-electron chi connectivity index (χ0n) is 16.0. The van der Waals surface area contributed by atoms with E-state index in [4.69, 9.17) is 0 Å². The van der Waals surface area contributed by atoms with E-state index >= 15 is 0 Å². The van der Waals surface area contributed by atoms with Crippen molar-refractivity contribution < 1.29 is 4.79 Å². The molecule has 1 aliphatic rings. The summed E-state index contributed by atoms with van der Waals surface area (Å²) in [5.41, 5.74) is 6.42. The first kappa shape index (κ1) is 17.7. The van der Waals surface area contributed by atoms with Crippen LogP contribution in [0.3, 0.4) is 0 Å². The Morgan fingerprint density at radius 3 is 2.20 bits per heavy atom. The van der Waals surface area contributed by atoms with Gasteiger partial charge in [-0.1, -0.05) is 24.6 Å². The van der Waals surface area contributed by atoms with Crippen LogP contribution >= 0.6 is 0 Å². The van der Waals surface area contributed by atoms with Crippen LogP contribution in [0.1, 0.15) is 34.1 Å². The number of benzene rings is 1. The van der Waals surface area contributed by atoms with Gasteiger partial charge < -0.3 is 9.80 Å². The molecule has 3 rings (SSSR count). The van der Waals surface area contributed by atoms with E-state index in [1.165, 1.54) is 22.3 Å². The van der Waals surface area contributed by atoms with Gasteiger partial charge in [-0.25, -0.2) is 0 Å². The highest BCUT2D eigenvalue weighted by molar-refractivity contribution is 5.93. The van der Waals surface area contributed by atoms with Crippen molar-refractivity contribution in [2.24, 2.45) is 7.05 Å². The molecule has 1 fully saturated rings. The fourth-order valence-corrected chi connectivity index (χ4v) is 3.82. The number of amides is 1. The maximum atomic E-state index is 12.8. The Bertz CT molecular complexity index is 762. The van der Waals surface area contributed by atoms with Crippen LogP contribution < -0.4 is 0 Å². The number of rotatable bonds is 3. The first-order valence-electron chi connectivity index (χ1n) is 9.04. The summed E-state index contributed by atoms with van der Waals surface area (Å²) in [5, 5.41) is 4.52. The minimum Gasteiger partial charge on any atom is -0.335 e. The van der Waals surface area contributed by atoms with Crippen LogP contribution in [0, 0.1) is 20.8 Å². The second kappa shape index (κ2) is 7.00. The van der Waals surface area contributed by atoms with Gasteiger partial charge in [0.05, 0.1) is 5.69 Å². The lowest BCUT2D eigenvalue weighted by atomic mass is 9.97. The summed E-state index contributed by atoms with van der Waals surface area (Å²) in [6, 6.07) is 6.31. The van der Waals surface area contributed by atoms with Crippen molar-refractivity contribution in [1.29, 1.82) is 0 Å². The monoisotopic (exact) mass is 340 g/mol. The largest absolute Gasteiger partial charge is 0.335 e. The molecule has 1 aliphatic heterocycles. The van der Waals surface area contributed by atoms with Crippen molar-refractivity contribution in [1.82, 2.24) is 19.6 Å². The van der Waals surface area contributed by atoms with E-state index in [2.05, 4.69) is 49.8 Å². The fraction of sp³-hybridized carbons (Fsp3) is 0.500. The number of aromatic nitrogens is 2. The molecule has 0 bridgehead atoms. The highest BCUT2D eigenvalue weighted by atomic mass is 16.2. The van der Waals surface area contributed by atoms with Crippen LogP contribution in [0.4, 0.5) is 0 Å². The zero-order chi connectivity index (χ0) is 18.1. The minimum absolute atomic E-state index is 0.0417. The average molecular weight is 340 g/mol. The molecule has 0 radical (unpaired) electrons. The summed E-state index contributed by atoms with van der Waals surface area (Å²) in [5.74, 6) is 0.0417. The molecule has 0 N–H and O–H groups in total. The van der Waals surface area contributed by atoms with Gasteiger partial charge in [-0.2, -0.15) is 5.10 Å². The molecule has 5 nitrogen and oxygen atoms in total. The molecule has 2 heterocycles. The van der Waals surface area contributed by atoms with Gasteiger partial charge in [-0.15, -0.1) is 0 Å². The second-order valence-corrected chi connectivity index (χ2v) is 7.04. The predicted octanol–water partition coefficient (Wildman–Crippen LogP) is 2.79. The number of aryl methyl sites for hydroxylation is 4. The molecule has 0 atom stereocenters. The number of hydrogen-bond acceptors (Lipinski definition) is 3. The summed E-state index contributed by atoms with van der Waals surface area (Å²) in [6.07, 6.45) is 0. The molecule has 0 saturated carbocycles. The Morgan fingerprint density at radius 1 is 1.04 bits per heavy atom. The van der Waals surface area contributed by atoms with Crippen LogP contribution in [0.2, 0.25) is 0 Å². The van der Waals surface area contributed by atoms with E-state index in [0.717, 1.165) is 38.4 Å². The van der Waals surface area contributed by atoms with E-state index in [-0.39, 0.29) is 5.91 Å². The van der Waals surface area contributed by atoms with Gasteiger partial charge in [0.2, 0.25) is 0 Å². The van der Waals surface area contributed by atoms with Crippen molar-refractivity contribution in [3.05, 3.63) is 40.6 Å². The van der Waals surface area contributed by atoms with Crippen LogP contribution in [0.25, 0.3) is 11.3 Å². The van der Waals surface area contributed by atoms with Crippen molar-refractivity contribution in [2.75, 3.05) is 32.7 Å². The number of piperazine rings is 1. The van der Waals surface area contributed by atoms with Crippen LogP contribution in [-0.4, -0.2) is 58.2 Å². The minimum atomic E-state index is 0.0417. The van der Waals surface area contributed by atoms with E-state index in [9.17, 15) is 4.79 Å². The molecule has 25 heavy (non-hydrogen) atoms. The number of hydrogen-bond donors (Lipinski definition) is 0. The Labute approximate surface area is 150 Å². The third-order valence-corrected chi connectivity index (χ3v) is 5.14. The summed E-state index contributed by atoms with van der Waals surface area (Å²) < 4.78 is 1.83. The number of likely N-dealkylation sites (N-methyl/N-ethyl adjacent to an activating group) is 1.